The molecule has 0 amide bonds. The third kappa shape index (κ3) is 3.07. The first-order valence-corrected chi connectivity index (χ1v) is 8.05. The Bertz CT molecular complexity index is 458. The molecule has 2 nitrogen and oxygen atoms in total. The maximum Gasteiger partial charge on any atom is 0.137 e. The van der Waals surface area contributed by atoms with E-state index in [9.17, 15) is 9.50 Å². The fourth-order valence-corrected chi connectivity index (χ4v) is 3.77. The molecule has 1 atom stereocenters. The summed E-state index contributed by atoms with van der Waals surface area (Å²) in [6.07, 6.45) is 5.57. The van der Waals surface area contributed by atoms with Gasteiger partial charge in [-0.2, -0.15) is 0 Å². The predicted octanol–water partition coefficient (Wildman–Crippen LogP) is 3.76. The Hall–Kier alpha value is -0.450. The lowest BCUT2D eigenvalue weighted by molar-refractivity contribution is -0.0311. The van der Waals surface area contributed by atoms with Crippen LogP contribution in [0.4, 0.5) is 4.39 Å². The van der Waals surface area contributed by atoms with E-state index in [2.05, 4.69) is 20.8 Å². The van der Waals surface area contributed by atoms with E-state index in [0.717, 1.165) is 31.2 Å². The number of hydrogen-bond donors (Lipinski definition) is 1. The number of hydrogen-bond acceptors (Lipinski definition) is 2. The Labute approximate surface area is 129 Å². The number of halogens is 2. The molecule has 1 saturated carbocycles. The molecule has 4 heteroatoms. The molecule has 112 valence electrons. The zero-order valence-corrected chi connectivity index (χ0v) is 13.8. The van der Waals surface area contributed by atoms with E-state index in [4.69, 9.17) is 0 Å². The maximum absolute atomic E-state index is 13.6. The van der Waals surface area contributed by atoms with Crippen LogP contribution >= 0.6 is 15.9 Å². The van der Waals surface area contributed by atoms with Crippen LogP contribution in [0.5, 0.6) is 0 Å². The minimum atomic E-state index is -0.476. The molecule has 1 fully saturated rings. The summed E-state index contributed by atoms with van der Waals surface area (Å²) < 4.78 is 14.1. The maximum atomic E-state index is 13.6. The molecule has 1 aromatic rings. The number of aliphatic hydroxyl groups is 1. The summed E-state index contributed by atoms with van der Waals surface area (Å²) in [5.74, 6) is -0.266. The van der Waals surface area contributed by atoms with E-state index in [-0.39, 0.29) is 11.4 Å². The zero-order chi connectivity index (χ0) is 14.8. The van der Waals surface area contributed by atoms with Crippen LogP contribution in [0.25, 0.3) is 0 Å². The SMILES string of the molecule is CN(C)C1(C(O)Cc2cccc(F)c2Br)CCCCC1. The summed E-state index contributed by atoms with van der Waals surface area (Å²) in [4.78, 5) is 2.16. The van der Waals surface area contributed by atoms with Crippen LogP contribution in [-0.2, 0) is 6.42 Å². The first-order valence-electron chi connectivity index (χ1n) is 7.26. The monoisotopic (exact) mass is 343 g/mol. The van der Waals surface area contributed by atoms with Crippen LogP contribution < -0.4 is 0 Å². The minimum Gasteiger partial charge on any atom is -0.391 e. The molecule has 0 radical (unpaired) electrons. The van der Waals surface area contributed by atoms with Crippen molar-refractivity contribution in [2.75, 3.05) is 14.1 Å². The van der Waals surface area contributed by atoms with Gasteiger partial charge in [-0.15, -0.1) is 0 Å². The molecule has 20 heavy (non-hydrogen) atoms. The van der Waals surface area contributed by atoms with Gasteiger partial charge in [-0.1, -0.05) is 31.4 Å². The number of aliphatic hydroxyl groups excluding tert-OH is 1. The lowest BCUT2D eigenvalue weighted by atomic mass is 9.75. The van der Waals surface area contributed by atoms with Gasteiger partial charge in [0, 0.05) is 12.0 Å². The van der Waals surface area contributed by atoms with Gasteiger partial charge in [0.25, 0.3) is 0 Å². The van der Waals surface area contributed by atoms with Crippen LogP contribution in [0.15, 0.2) is 22.7 Å². The van der Waals surface area contributed by atoms with Gasteiger partial charge in [-0.25, -0.2) is 4.39 Å². The van der Waals surface area contributed by atoms with E-state index in [0.29, 0.717) is 10.9 Å². The van der Waals surface area contributed by atoms with E-state index in [1.807, 2.05) is 20.2 Å². The van der Waals surface area contributed by atoms with Crippen LogP contribution in [0, 0.1) is 5.82 Å². The summed E-state index contributed by atoms with van der Waals surface area (Å²) in [5, 5.41) is 10.8. The third-order valence-electron chi connectivity index (χ3n) is 4.68. The van der Waals surface area contributed by atoms with E-state index in [1.165, 1.54) is 12.5 Å². The smallest absolute Gasteiger partial charge is 0.137 e. The second-order valence-electron chi connectivity index (χ2n) is 5.99. The van der Waals surface area contributed by atoms with E-state index in [1.54, 1.807) is 6.07 Å². The number of nitrogens with zero attached hydrogens (tertiary/aromatic N) is 1. The minimum absolute atomic E-state index is 0.177. The molecule has 0 saturated heterocycles. The standard InChI is InChI=1S/C16H23BrFNO/c1-19(2)16(9-4-3-5-10-16)14(20)11-12-7-6-8-13(18)15(12)17/h6-8,14,20H,3-5,9-11H2,1-2H3. The second kappa shape index (κ2) is 6.54. The normalized spacial score (nSPS) is 20.1. The van der Waals surface area contributed by atoms with E-state index >= 15 is 0 Å². The van der Waals surface area contributed by atoms with Crippen molar-refractivity contribution in [3.8, 4) is 0 Å². The quantitative estimate of drug-likeness (QED) is 0.899. The number of rotatable bonds is 4. The van der Waals surface area contributed by atoms with Gasteiger partial charge < -0.3 is 10.0 Å². The Morgan fingerprint density at radius 2 is 1.95 bits per heavy atom. The molecule has 0 spiro atoms. The summed E-state index contributed by atoms with van der Waals surface area (Å²) >= 11 is 3.29. The van der Waals surface area contributed by atoms with Crippen LogP contribution in [0.1, 0.15) is 37.7 Å². The fourth-order valence-electron chi connectivity index (χ4n) is 3.35. The molecule has 1 N–H and O–H groups in total. The Morgan fingerprint density at radius 1 is 1.30 bits per heavy atom. The average Bonchev–Trinajstić information content (AvgIpc) is 2.44. The van der Waals surface area contributed by atoms with Crippen LogP contribution in [0.2, 0.25) is 0 Å². The summed E-state index contributed by atoms with van der Waals surface area (Å²) in [6.45, 7) is 0. The van der Waals surface area contributed by atoms with Gasteiger partial charge >= 0.3 is 0 Å². The number of benzene rings is 1. The van der Waals surface area contributed by atoms with Crippen molar-refractivity contribution in [2.24, 2.45) is 0 Å². The molecular formula is C16H23BrFNO. The van der Waals surface area contributed by atoms with Crippen molar-refractivity contribution < 1.29 is 9.50 Å². The predicted molar refractivity (Wildman–Crippen MR) is 83.3 cm³/mol. The molecule has 0 bridgehead atoms. The highest BCUT2D eigenvalue weighted by Crippen LogP contribution is 2.37. The Balaban J connectivity index is 2.20. The molecule has 1 unspecified atom stereocenters. The molecular weight excluding hydrogens is 321 g/mol. The first kappa shape index (κ1) is 15.9. The fraction of sp³-hybridized carbons (Fsp3) is 0.625. The third-order valence-corrected chi connectivity index (χ3v) is 5.56. The van der Waals surface area contributed by atoms with Crippen molar-refractivity contribution >= 4 is 15.9 Å². The zero-order valence-electron chi connectivity index (χ0n) is 12.2. The summed E-state index contributed by atoms with van der Waals surface area (Å²) in [5.41, 5.74) is 0.661. The molecule has 1 aliphatic rings. The van der Waals surface area contributed by atoms with Gasteiger partial charge in [-0.3, -0.25) is 0 Å². The number of likely N-dealkylation sites (N-methyl/N-ethyl adjacent to an activating group) is 1. The highest BCUT2D eigenvalue weighted by atomic mass is 79.9. The highest BCUT2D eigenvalue weighted by molar-refractivity contribution is 9.10. The summed E-state index contributed by atoms with van der Waals surface area (Å²) in [6, 6.07) is 5.01. The van der Waals surface area contributed by atoms with Gasteiger partial charge in [0.15, 0.2) is 0 Å². The Morgan fingerprint density at radius 3 is 2.55 bits per heavy atom. The van der Waals surface area contributed by atoms with Crippen molar-refractivity contribution in [3.05, 3.63) is 34.1 Å². The van der Waals surface area contributed by atoms with Gasteiger partial charge in [0.2, 0.25) is 0 Å². The molecule has 0 heterocycles. The molecule has 0 aromatic heterocycles. The van der Waals surface area contributed by atoms with Gasteiger partial charge in [0.05, 0.1) is 10.6 Å². The molecule has 0 aliphatic heterocycles. The second-order valence-corrected chi connectivity index (χ2v) is 6.78. The van der Waals surface area contributed by atoms with Gasteiger partial charge in [0.1, 0.15) is 5.82 Å². The lowest BCUT2D eigenvalue weighted by Gasteiger charge is -2.46. The van der Waals surface area contributed by atoms with Crippen LogP contribution in [-0.4, -0.2) is 35.7 Å². The van der Waals surface area contributed by atoms with Crippen molar-refractivity contribution in [1.29, 1.82) is 0 Å². The molecule has 1 aromatic carbocycles. The lowest BCUT2D eigenvalue weighted by Crippen LogP contribution is -2.55. The molecule has 2 rings (SSSR count). The largest absolute Gasteiger partial charge is 0.391 e. The van der Waals surface area contributed by atoms with Crippen molar-refractivity contribution in [3.63, 3.8) is 0 Å². The van der Waals surface area contributed by atoms with Crippen LogP contribution in [0.3, 0.4) is 0 Å². The highest BCUT2D eigenvalue weighted by Gasteiger charge is 2.41. The average molecular weight is 344 g/mol. The van der Waals surface area contributed by atoms with Crippen molar-refractivity contribution in [1.82, 2.24) is 4.90 Å². The topological polar surface area (TPSA) is 23.5 Å². The van der Waals surface area contributed by atoms with Crippen molar-refractivity contribution in [2.45, 2.75) is 50.2 Å². The van der Waals surface area contributed by atoms with E-state index < -0.39 is 6.10 Å². The summed E-state index contributed by atoms with van der Waals surface area (Å²) in [7, 11) is 4.07. The first-order chi connectivity index (χ1) is 9.47. The Kier molecular flexibility index (Phi) is 5.21. The van der Waals surface area contributed by atoms with Gasteiger partial charge in [-0.05, 0) is 54.5 Å². The molecule has 1 aliphatic carbocycles.